The molecule has 0 nitrogen and oxygen atoms in total. The van der Waals surface area contributed by atoms with E-state index in [0.29, 0.717) is 5.92 Å². The zero-order valence-electron chi connectivity index (χ0n) is 8.74. The van der Waals surface area contributed by atoms with Crippen molar-refractivity contribution in [1.29, 1.82) is 0 Å². The number of allylic oxidation sites excluding steroid dienone is 4. The molecule has 0 saturated heterocycles. The molecule has 0 amide bonds. The molecule has 0 atom stereocenters. The van der Waals surface area contributed by atoms with Crippen molar-refractivity contribution < 1.29 is 0 Å². The van der Waals surface area contributed by atoms with Gasteiger partial charge in [0.1, 0.15) is 0 Å². The van der Waals surface area contributed by atoms with Gasteiger partial charge in [-0.2, -0.15) is 0 Å². The molecule has 0 fully saturated rings. The molecule has 0 saturated carbocycles. The number of rotatable bonds is 3. The van der Waals surface area contributed by atoms with E-state index in [1.165, 1.54) is 11.1 Å². The maximum absolute atomic E-state index is 6.10. The molecular formula is C11H19Cl. The van der Waals surface area contributed by atoms with Crippen LogP contribution in [0.25, 0.3) is 0 Å². The summed E-state index contributed by atoms with van der Waals surface area (Å²) in [6.45, 7) is 10.7. The van der Waals surface area contributed by atoms with E-state index in [1.54, 1.807) is 0 Å². The third-order valence-corrected chi connectivity index (χ3v) is 2.58. The molecule has 0 aliphatic rings. The molecule has 70 valence electrons. The van der Waals surface area contributed by atoms with Gasteiger partial charge in [0.15, 0.2) is 0 Å². The molecule has 0 aliphatic heterocycles. The monoisotopic (exact) mass is 186 g/mol. The molecule has 0 heterocycles. The lowest BCUT2D eigenvalue weighted by Gasteiger charge is -2.06. The van der Waals surface area contributed by atoms with Crippen LogP contribution in [0, 0.1) is 5.92 Å². The first-order valence-corrected chi connectivity index (χ1v) is 4.90. The third-order valence-electron chi connectivity index (χ3n) is 2.17. The van der Waals surface area contributed by atoms with E-state index >= 15 is 0 Å². The highest BCUT2D eigenvalue weighted by atomic mass is 35.5. The average Bonchev–Trinajstić information content (AvgIpc) is 2.02. The lowest BCUT2D eigenvalue weighted by atomic mass is 10.0. The van der Waals surface area contributed by atoms with Crippen molar-refractivity contribution in [3.63, 3.8) is 0 Å². The molecule has 0 radical (unpaired) electrons. The second-order valence-electron chi connectivity index (χ2n) is 3.53. The van der Waals surface area contributed by atoms with E-state index < -0.39 is 0 Å². The molecule has 0 aromatic heterocycles. The van der Waals surface area contributed by atoms with Gasteiger partial charge in [-0.25, -0.2) is 0 Å². The summed E-state index contributed by atoms with van der Waals surface area (Å²) in [5, 5.41) is 0.907. The summed E-state index contributed by atoms with van der Waals surface area (Å²) < 4.78 is 0. The normalized spacial score (nSPS) is 15.1. The maximum Gasteiger partial charge on any atom is 0.0397 e. The molecular weight excluding hydrogens is 168 g/mol. The van der Waals surface area contributed by atoms with Crippen LogP contribution in [0.5, 0.6) is 0 Å². The van der Waals surface area contributed by atoms with E-state index in [1.807, 2.05) is 0 Å². The van der Waals surface area contributed by atoms with Crippen molar-refractivity contribution in [1.82, 2.24) is 0 Å². The smallest absolute Gasteiger partial charge is 0.0397 e. The standard InChI is InChI=1S/C11H19Cl/c1-6-9(4)7-11(12)10(5)8(2)3/h7-8H,6H2,1-5H3/b9-7+,11-10-. The van der Waals surface area contributed by atoms with E-state index in [9.17, 15) is 0 Å². The highest BCUT2D eigenvalue weighted by molar-refractivity contribution is 6.31. The summed E-state index contributed by atoms with van der Waals surface area (Å²) in [6, 6.07) is 0. The van der Waals surface area contributed by atoms with Gasteiger partial charge in [0.2, 0.25) is 0 Å². The van der Waals surface area contributed by atoms with Gasteiger partial charge in [0, 0.05) is 5.03 Å². The van der Waals surface area contributed by atoms with E-state index in [4.69, 9.17) is 11.6 Å². The van der Waals surface area contributed by atoms with Crippen molar-refractivity contribution in [2.75, 3.05) is 0 Å². The average molecular weight is 187 g/mol. The van der Waals surface area contributed by atoms with Crippen LogP contribution in [0.1, 0.15) is 41.0 Å². The fourth-order valence-electron chi connectivity index (χ4n) is 0.708. The maximum atomic E-state index is 6.10. The van der Waals surface area contributed by atoms with Crippen molar-refractivity contribution in [2.45, 2.75) is 41.0 Å². The molecule has 0 rings (SSSR count). The summed E-state index contributed by atoms with van der Waals surface area (Å²) in [4.78, 5) is 0. The molecule has 0 aliphatic carbocycles. The van der Waals surface area contributed by atoms with Crippen LogP contribution in [-0.2, 0) is 0 Å². The zero-order chi connectivity index (χ0) is 9.72. The van der Waals surface area contributed by atoms with Crippen LogP contribution in [0.2, 0.25) is 0 Å². The Bertz CT molecular complexity index is 197. The number of hydrogen-bond donors (Lipinski definition) is 0. The zero-order valence-corrected chi connectivity index (χ0v) is 9.50. The second kappa shape index (κ2) is 5.42. The van der Waals surface area contributed by atoms with Crippen molar-refractivity contribution >= 4 is 11.6 Å². The molecule has 0 aromatic carbocycles. The Morgan fingerprint density at radius 2 is 1.83 bits per heavy atom. The molecule has 0 bridgehead atoms. The Labute approximate surface area is 81.3 Å². The van der Waals surface area contributed by atoms with Crippen LogP contribution in [0.3, 0.4) is 0 Å². The minimum absolute atomic E-state index is 0.540. The van der Waals surface area contributed by atoms with Crippen molar-refractivity contribution in [3.8, 4) is 0 Å². The molecule has 0 spiro atoms. The lowest BCUT2D eigenvalue weighted by molar-refractivity contribution is 0.767. The Hall–Kier alpha value is -0.230. The summed E-state index contributed by atoms with van der Waals surface area (Å²) >= 11 is 6.10. The Balaban J connectivity index is 4.57. The molecule has 12 heavy (non-hydrogen) atoms. The van der Waals surface area contributed by atoms with Crippen molar-refractivity contribution in [3.05, 3.63) is 22.3 Å². The quantitative estimate of drug-likeness (QED) is 0.569. The first-order valence-electron chi connectivity index (χ1n) is 4.52. The van der Waals surface area contributed by atoms with Gasteiger partial charge in [-0.3, -0.25) is 0 Å². The molecule has 0 N–H and O–H groups in total. The van der Waals surface area contributed by atoms with Crippen LogP contribution >= 0.6 is 11.6 Å². The van der Waals surface area contributed by atoms with E-state index in [2.05, 4.69) is 40.7 Å². The Morgan fingerprint density at radius 1 is 1.33 bits per heavy atom. The fourth-order valence-corrected chi connectivity index (χ4v) is 1.11. The predicted molar refractivity (Wildman–Crippen MR) is 57.4 cm³/mol. The summed E-state index contributed by atoms with van der Waals surface area (Å²) in [7, 11) is 0. The van der Waals surface area contributed by atoms with Gasteiger partial charge in [0.25, 0.3) is 0 Å². The van der Waals surface area contributed by atoms with E-state index in [-0.39, 0.29) is 0 Å². The van der Waals surface area contributed by atoms with Gasteiger partial charge in [-0.1, -0.05) is 43.5 Å². The summed E-state index contributed by atoms with van der Waals surface area (Å²) in [6.07, 6.45) is 3.14. The Morgan fingerprint density at radius 3 is 2.17 bits per heavy atom. The first kappa shape index (κ1) is 11.8. The van der Waals surface area contributed by atoms with Gasteiger partial charge < -0.3 is 0 Å². The number of hydrogen-bond acceptors (Lipinski definition) is 0. The third kappa shape index (κ3) is 3.96. The topological polar surface area (TPSA) is 0 Å². The minimum Gasteiger partial charge on any atom is -0.0844 e. The van der Waals surface area contributed by atoms with Crippen LogP contribution in [0.15, 0.2) is 22.3 Å². The SMILES string of the molecule is CC/C(C)=C/C(Cl)=C(\C)C(C)C. The molecule has 0 unspecified atom stereocenters. The minimum atomic E-state index is 0.540. The first-order chi connectivity index (χ1) is 5.49. The Kier molecular flexibility index (Phi) is 5.32. The molecule has 0 aromatic rings. The largest absolute Gasteiger partial charge is 0.0844 e. The van der Waals surface area contributed by atoms with Gasteiger partial charge in [0.05, 0.1) is 0 Å². The highest BCUT2D eigenvalue weighted by Gasteiger charge is 2.01. The number of halogens is 1. The van der Waals surface area contributed by atoms with Crippen molar-refractivity contribution in [2.24, 2.45) is 5.92 Å². The molecule has 1 heteroatoms. The van der Waals surface area contributed by atoms with E-state index in [0.717, 1.165) is 11.5 Å². The highest BCUT2D eigenvalue weighted by Crippen LogP contribution is 2.20. The summed E-state index contributed by atoms with van der Waals surface area (Å²) in [5.74, 6) is 0.540. The van der Waals surface area contributed by atoms with Gasteiger partial charge >= 0.3 is 0 Å². The summed E-state index contributed by atoms with van der Waals surface area (Å²) in [5.41, 5.74) is 2.60. The van der Waals surface area contributed by atoms with Gasteiger partial charge in [-0.05, 0) is 32.3 Å². The predicted octanol–water partition coefficient (Wildman–Crippen LogP) is 4.51. The fraction of sp³-hybridized carbons (Fsp3) is 0.636. The van der Waals surface area contributed by atoms with Gasteiger partial charge in [-0.15, -0.1) is 0 Å². The van der Waals surface area contributed by atoms with Crippen LogP contribution in [-0.4, -0.2) is 0 Å². The van der Waals surface area contributed by atoms with Crippen LogP contribution < -0.4 is 0 Å². The van der Waals surface area contributed by atoms with Crippen LogP contribution in [0.4, 0.5) is 0 Å². The lowest BCUT2D eigenvalue weighted by Crippen LogP contribution is -1.90. The second-order valence-corrected chi connectivity index (χ2v) is 3.94.